The van der Waals surface area contributed by atoms with Crippen LogP contribution in [-0.4, -0.2) is 29.7 Å². The summed E-state index contributed by atoms with van der Waals surface area (Å²) in [5.74, 6) is -0.0445. The van der Waals surface area contributed by atoms with Gasteiger partial charge in [-0.05, 0) is 35.5 Å². The molecule has 5 heteroatoms. The van der Waals surface area contributed by atoms with E-state index >= 15 is 0 Å². The third-order valence-corrected chi connectivity index (χ3v) is 5.69. The molecule has 0 heterocycles. The molecule has 0 radical (unpaired) electrons. The highest BCUT2D eigenvalue weighted by Crippen LogP contribution is 2.67. The Kier molecular flexibility index (Phi) is 3.73. The van der Waals surface area contributed by atoms with Crippen LogP contribution < -0.4 is 10.6 Å². The van der Waals surface area contributed by atoms with Crippen LogP contribution in [0.2, 0.25) is 0 Å². The second-order valence-electron chi connectivity index (χ2n) is 7.39. The molecular weight excluding hydrogens is 256 g/mol. The van der Waals surface area contributed by atoms with E-state index in [1.807, 2.05) is 0 Å². The Morgan fingerprint density at radius 1 is 1.20 bits per heavy atom. The van der Waals surface area contributed by atoms with Crippen LogP contribution in [-0.2, 0) is 4.79 Å². The number of carboxylic acids is 1. The quantitative estimate of drug-likeness (QED) is 0.699. The van der Waals surface area contributed by atoms with Crippen molar-refractivity contribution in [2.24, 2.45) is 22.7 Å². The number of urea groups is 1. The molecule has 0 aromatic rings. The SMILES string of the molecule is CC1(C)C(CNC(=O)NC(CC(=O)O)C2CC2)C1(C)C. The molecule has 0 aromatic heterocycles. The molecule has 2 aliphatic carbocycles. The fourth-order valence-corrected chi connectivity index (χ4v) is 3.28. The van der Waals surface area contributed by atoms with Gasteiger partial charge in [-0.1, -0.05) is 27.7 Å². The van der Waals surface area contributed by atoms with E-state index in [1.54, 1.807) is 0 Å². The average Bonchev–Trinajstić information content (AvgIpc) is 3.15. The zero-order valence-corrected chi connectivity index (χ0v) is 12.8. The van der Waals surface area contributed by atoms with Crippen molar-refractivity contribution in [2.45, 2.75) is 53.0 Å². The number of nitrogens with one attached hydrogen (secondary N) is 2. The molecule has 2 amide bonds. The van der Waals surface area contributed by atoms with Gasteiger partial charge in [-0.2, -0.15) is 0 Å². The minimum atomic E-state index is -0.855. The lowest BCUT2D eigenvalue weighted by atomic mass is 10.0. The molecule has 20 heavy (non-hydrogen) atoms. The number of hydrogen-bond donors (Lipinski definition) is 3. The van der Waals surface area contributed by atoms with Gasteiger partial charge in [0.15, 0.2) is 0 Å². The van der Waals surface area contributed by atoms with E-state index in [4.69, 9.17) is 5.11 Å². The lowest BCUT2D eigenvalue weighted by Crippen LogP contribution is -2.45. The maximum Gasteiger partial charge on any atom is 0.315 e. The van der Waals surface area contributed by atoms with Crippen molar-refractivity contribution >= 4 is 12.0 Å². The van der Waals surface area contributed by atoms with Gasteiger partial charge in [-0.25, -0.2) is 4.79 Å². The van der Waals surface area contributed by atoms with Crippen molar-refractivity contribution in [3.8, 4) is 0 Å². The summed E-state index contributed by atoms with van der Waals surface area (Å²) in [6.07, 6.45) is 2.04. The fraction of sp³-hybridized carbons (Fsp3) is 0.867. The van der Waals surface area contributed by atoms with Crippen LogP contribution in [0.15, 0.2) is 0 Å². The molecule has 114 valence electrons. The Bertz CT molecular complexity index is 399. The van der Waals surface area contributed by atoms with Crippen molar-refractivity contribution in [1.29, 1.82) is 0 Å². The zero-order valence-electron chi connectivity index (χ0n) is 12.8. The summed E-state index contributed by atoms with van der Waals surface area (Å²) in [6.45, 7) is 9.52. The van der Waals surface area contributed by atoms with Crippen molar-refractivity contribution in [3.63, 3.8) is 0 Å². The normalized spacial score (nSPS) is 24.8. The van der Waals surface area contributed by atoms with Gasteiger partial charge in [-0.15, -0.1) is 0 Å². The average molecular weight is 282 g/mol. The van der Waals surface area contributed by atoms with Crippen LogP contribution in [0.1, 0.15) is 47.0 Å². The van der Waals surface area contributed by atoms with Crippen LogP contribution in [0.3, 0.4) is 0 Å². The third kappa shape index (κ3) is 2.91. The number of amides is 2. The van der Waals surface area contributed by atoms with Crippen molar-refractivity contribution < 1.29 is 14.7 Å². The Labute approximate surface area is 120 Å². The van der Waals surface area contributed by atoms with E-state index in [1.165, 1.54) is 0 Å². The molecule has 2 aliphatic rings. The molecule has 0 spiro atoms. The van der Waals surface area contributed by atoms with Crippen molar-refractivity contribution in [1.82, 2.24) is 10.6 Å². The molecule has 2 saturated carbocycles. The lowest BCUT2D eigenvalue weighted by molar-refractivity contribution is -0.137. The van der Waals surface area contributed by atoms with Gasteiger partial charge < -0.3 is 15.7 Å². The largest absolute Gasteiger partial charge is 0.481 e. The number of carbonyl (C=O) groups is 2. The van der Waals surface area contributed by atoms with Gasteiger partial charge >= 0.3 is 12.0 Å². The highest BCUT2D eigenvalue weighted by Gasteiger charge is 2.64. The predicted molar refractivity (Wildman–Crippen MR) is 76.4 cm³/mol. The van der Waals surface area contributed by atoms with Gasteiger partial charge in [0.25, 0.3) is 0 Å². The second-order valence-corrected chi connectivity index (χ2v) is 7.39. The maximum atomic E-state index is 11.9. The first-order chi connectivity index (χ1) is 9.16. The van der Waals surface area contributed by atoms with Gasteiger partial charge in [-0.3, -0.25) is 4.79 Å². The topological polar surface area (TPSA) is 78.4 Å². The Balaban J connectivity index is 1.76. The molecule has 0 aromatic carbocycles. The maximum absolute atomic E-state index is 11.9. The minimum Gasteiger partial charge on any atom is -0.481 e. The molecule has 1 atom stereocenters. The van der Waals surface area contributed by atoms with E-state index < -0.39 is 5.97 Å². The van der Waals surface area contributed by atoms with Gasteiger partial charge in [0.1, 0.15) is 0 Å². The standard InChI is InChI=1S/C15H26N2O3/c1-14(2)11(15(14,3)4)8-16-13(20)17-10(7-12(18)19)9-5-6-9/h9-11H,5-8H2,1-4H3,(H,18,19)(H2,16,17,20). The van der Waals surface area contributed by atoms with Crippen molar-refractivity contribution in [3.05, 3.63) is 0 Å². The van der Waals surface area contributed by atoms with E-state index in [-0.39, 0.29) is 29.3 Å². The van der Waals surface area contributed by atoms with E-state index in [9.17, 15) is 9.59 Å². The van der Waals surface area contributed by atoms with Crippen LogP contribution in [0.4, 0.5) is 4.79 Å². The number of rotatable bonds is 6. The minimum absolute atomic E-state index is 0.0124. The Hall–Kier alpha value is -1.26. The van der Waals surface area contributed by atoms with E-state index in [2.05, 4.69) is 38.3 Å². The molecule has 1 unspecified atom stereocenters. The van der Waals surface area contributed by atoms with E-state index in [0.29, 0.717) is 18.4 Å². The fourth-order valence-electron chi connectivity index (χ4n) is 3.28. The predicted octanol–water partition coefficient (Wildman–Crippen LogP) is 2.22. The first-order valence-corrected chi connectivity index (χ1v) is 7.42. The molecule has 0 bridgehead atoms. The molecule has 0 saturated heterocycles. The first-order valence-electron chi connectivity index (χ1n) is 7.42. The molecule has 2 fully saturated rings. The monoisotopic (exact) mass is 282 g/mol. The highest BCUT2D eigenvalue weighted by atomic mass is 16.4. The van der Waals surface area contributed by atoms with Gasteiger partial charge in [0.2, 0.25) is 0 Å². The van der Waals surface area contributed by atoms with Crippen LogP contribution in [0, 0.1) is 22.7 Å². The summed E-state index contributed by atoms with van der Waals surface area (Å²) in [6, 6.07) is -0.464. The zero-order chi connectivity index (χ0) is 15.1. The first kappa shape index (κ1) is 15.1. The summed E-state index contributed by atoms with van der Waals surface area (Å²) >= 11 is 0. The molecule has 2 rings (SSSR count). The molecule has 3 N–H and O–H groups in total. The smallest absolute Gasteiger partial charge is 0.315 e. The second kappa shape index (κ2) is 4.93. The number of carboxylic acid groups (broad SMARTS) is 1. The summed E-state index contributed by atoms with van der Waals surface area (Å²) in [5, 5.41) is 14.6. The number of aliphatic carboxylic acids is 1. The van der Waals surface area contributed by atoms with Crippen molar-refractivity contribution in [2.75, 3.05) is 6.54 Å². The number of carbonyl (C=O) groups excluding carboxylic acids is 1. The van der Waals surface area contributed by atoms with Gasteiger partial charge in [0.05, 0.1) is 6.42 Å². The Morgan fingerprint density at radius 3 is 2.15 bits per heavy atom. The Morgan fingerprint density at radius 2 is 1.75 bits per heavy atom. The number of hydrogen-bond acceptors (Lipinski definition) is 2. The lowest BCUT2D eigenvalue weighted by Gasteiger charge is -2.17. The summed E-state index contributed by atoms with van der Waals surface area (Å²) < 4.78 is 0. The highest BCUT2D eigenvalue weighted by molar-refractivity contribution is 5.76. The molecule has 5 nitrogen and oxygen atoms in total. The van der Waals surface area contributed by atoms with Crippen LogP contribution in [0.25, 0.3) is 0 Å². The van der Waals surface area contributed by atoms with Crippen LogP contribution >= 0.6 is 0 Å². The summed E-state index contributed by atoms with van der Waals surface area (Å²) in [5.41, 5.74) is 0.495. The molecule has 0 aliphatic heterocycles. The van der Waals surface area contributed by atoms with Crippen LogP contribution in [0.5, 0.6) is 0 Å². The summed E-state index contributed by atoms with van der Waals surface area (Å²) in [4.78, 5) is 22.7. The van der Waals surface area contributed by atoms with Gasteiger partial charge in [0, 0.05) is 12.6 Å². The van der Waals surface area contributed by atoms with E-state index in [0.717, 1.165) is 12.8 Å². The summed E-state index contributed by atoms with van der Waals surface area (Å²) in [7, 11) is 0. The molecular formula is C15H26N2O3. The third-order valence-electron chi connectivity index (χ3n) is 5.69.